The Kier molecular flexibility index (Phi) is 9.19. The van der Waals surface area contributed by atoms with Crippen molar-refractivity contribution in [1.29, 1.82) is 0 Å². The molecule has 3 nitrogen and oxygen atoms in total. The maximum Gasteiger partial charge on any atom is 0.330 e. The van der Waals surface area contributed by atoms with E-state index in [0.717, 1.165) is 29.7 Å². The Bertz CT molecular complexity index is 707. The van der Waals surface area contributed by atoms with Gasteiger partial charge in [0, 0.05) is 6.08 Å². The molecule has 0 bridgehead atoms. The van der Waals surface area contributed by atoms with Crippen molar-refractivity contribution in [1.82, 2.24) is 0 Å². The fourth-order valence-corrected chi connectivity index (χ4v) is 2.76. The second-order valence-electron chi connectivity index (χ2n) is 6.73. The molecule has 0 saturated carbocycles. The summed E-state index contributed by atoms with van der Waals surface area (Å²) in [4.78, 5) is 12.0. The summed E-state index contributed by atoms with van der Waals surface area (Å²) in [5.74, 6) is 0.942. The van der Waals surface area contributed by atoms with Gasteiger partial charge in [-0.15, -0.1) is 0 Å². The van der Waals surface area contributed by atoms with E-state index in [2.05, 4.69) is 13.8 Å². The SMILES string of the molecule is CCCC[C@@H](CC)COC(=O)/C=C/c1cccc(OCc2ccccc2)c1. The lowest BCUT2D eigenvalue weighted by Gasteiger charge is -2.13. The minimum absolute atomic E-state index is 0.291. The first-order valence-corrected chi connectivity index (χ1v) is 9.82. The van der Waals surface area contributed by atoms with Crippen LogP contribution in [0.3, 0.4) is 0 Å². The standard InChI is InChI=1S/C24H30O3/c1-3-5-10-20(4-2)18-27-24(25)16-15-21-13-9-14-23(17-21)26-19-22-11-7-6-8-12-22/h6-9,11-17,20H,3-5,10,18-19H2,1-2H3/b16-15+/t20-/m1/s1. The molecule has 144 valence electrons. The Labute approximate surface area is 163 Å². The highest BCUT2D eigenvalue weighted by Gasteiger charge is 2.08. The molecule has 0 radical (unpaired) electrons. The Balaban J connectivity index is 1.82. The molecule has 0 aliphatic rings. The third-order valence-electron chi connectivity index (χ3n) is 4.52. The van der Waals surface area contributed by atoms with Crippen molar-refractivity contribution in [2.45, 2.75) is 46.1 Å². The molecule has 0 aliphatic carbocycles. The largest absolute Gasteiger partial charge is 0.489 e. The van der Waals surface area contributed by atoms with Crippen molar-refractivity contribution in [2.24, 2.45) is 5.92 Å². The summed E-state index contributed by atoms with van der Waals surface area (Å²) >= 11 is 0. The van der Waals surface area contributed by atoms with Gasteiger partial charge in [-0.3, -0.25) is 0 Å². The number of unbranched alkanes of at least 4 members (excludes halogenated alkanes) is 1. The molecule has 0 saturated heterocycles. The smallest absolute Gasteiger partial charge is 0.330 e. The van der Waals surface area contributed by atoms with Crippen LogP contribution in [0, 0.1) is 5.92 Å². The van der Waals surface area contributed by atoms with E-state index in [1.165, 1.54) is 18.9 Å². The van der Waals surface area contributed by atoms with E-state index in [1.807, 2.05) is 54.6 Å². The molecule has 0 aromatic heterocycles. The highest BCUT2D eigenvalue weighted by molar-refractivity contribution is 5.87. The van der Waals surface area contributed by atoms with E-state index >= 15 is 0 Å². The molecule has 0 heterocycles. The van der Waals surface area contributed by atoms with Gasteiger partial charge >= 0.3 is 5.97 Å². The predicted molar refractivity (Wildman–Crippen MR) is 111 cm³/mol. The molecule has 0 N–H and O–H groups in total. The average molecular weight is 367 g/mol. The lowest BCUT2D eigenvalue weighted by atomic mass is 10.0. The van der Waals surface area contributed by atoms with E-state index < -0.39 is 0 Å². The van der Waals surface area contributed by atoms with Crippen LogP contribution in [0.15, 0.2) is 60.7 Å². The summed E-state index contributed by atoms with van der Waals surface area (Å²) in [6.45, 7) is 5.34. The first kappa shape index (κ1) is 20.8. The van der Waals surface area contributed by atoms with Crippen LogP contribution in [0.5, 0.6) is 5.75 Å². The first-order valence-electron chi connectivity index (χ1n) is 9.82. The van der Waals surface area contributed by atoms with Crippen molar-refractivity contribution in [3.05, 3.63) is 71.8 Å². The molecule has 0 spiro atoms. The molecule has 2 aromatic carbocycles. The van der Waals surface area contributed by atoms with Crippen LogP contribution in [-0.2, 0) is 16.1 Å². The van der Waals surface area contributed by atoms with Gasteiger partial charge in [0.15, 0.2) is 0 Å². The van der Waals surface area contributed by atoms with E-state index in [4.69, 9.17) is 9.47 Å². The molecule has 3 heteroatoms. The zero-order chi connectivity index (χ0) is 19.3. The average Bonchev–Trinajstić information content (AvgIpc) is 2.72. The Morgan fingerprint density at radius 1 is 1.07 bits per heavy atom. The quantitative estimate of drug-likeness (QED) is 0.359. The highest BCUT2D eigenvalue weighted by Crippen LogP contribution is 2.17. The molecule has 2 aromatic rings. The Hall–Kier alpha value is -2.55. The lowest BCUT2D eigenvalue weighted by Crippen LogP contribution is -2.12. The van der Waals surface area contributed by atoms with Gasteiger partial charge in [0.1, 0.15) is 12.4 Å². The maximum absolute atomic E-state index is 12.0. The van der Waals surface area contributed by atoms with Crippen molar-refractivity contribution >= 4 is 12.0 Å². The third kappa shape index (κ3) is 8.12. The molecule has 0 unspecified atom stereocenters. The molecule has 0 amide bonds. The van der Waals surface area contributed by atoms with Gasteiger partial charge < -0.3 is 9.47 Å². The minimum atomic E-state index is -0.291. The number of esters is 1. The molecule has 2 rings (SSSR count). The molecule has 0 fully saturated rings. The number of hydrogen-bond acceptors (Lipinski definition) is 3. The van der Waals surface area contributed by atoms with Gasteiger partial charge in [0.25, 0.3) is 0 Å². The van der Waals surface area contributed by atoms with E-state index in [9.17, 15) is 4.79 Å². The van der Waals surface area contributed by atoms with Crippen LogP contribution < -0.4 is 4.74 Å². The van der Waals surface area contributed by atoms with E-state index in [1.54, 1.807) is 6.08 Å². The maximum atomic E-state index is 12.0. The second-order valence-corrected chi connectivity index (χ2v) is 6.73. The van der Waals surface area contributed by atoms with Gasteiger partial charge in [-0.05, 0) is 41.7 Å². The fourth-order valence-electron chi connectivity index (χ4n) is 2.76. The second kappa shape index (κ2) is 11.9. The summed E-state index contributed by atoms with van der Waals surface area (Å²) in [5, 5.41) is 0. The number of rotatable bonds is 11. The van der Waals surface area contributed by atoms with Gasteiger partial charge in [-0.1, -0.05) is 75.6 Å². The van der Waals surface area contributed by atoms with Gasteiger partial charge in [0.05, 0.1) is 6.61 Å². The highest BCUT2D eigenvalue weighted by atomic mass is 16.5. The van der Waals surface area contributed by atoms with Crippen molar-refractivity contribution < 1.29 is 14.3 Å². The minimum Gasteiger partial charge on any atom is -0.489 e. The summed E-state index contributed by atoms with van der Waals surface area (Å²) < 4.78 is 11.2. The number of hydrogen-bond donors (Lipinski definition) is 0. The van der Waals surface area contributed by atoms with Crippen molar-refractivity contribution in [3.63, 3.8) is 0 Å². The van der Waals surface area contributed by atoms with Crippen molar-refractivity contribution in [2.75, 3.05) is 6.61 Å². The number of carbonyl (C=O) groups excluding carboxylic acids is 1. The Morgan fingerprint density at radius 2 is 1.89 bits per heavy atom. The van der Waals surface area contributed by atoms with Crippen LogP contribution >= 0.6 is 0 Å². The van der Waals surface area contributed by atoms with Crippen molar-refractivity contribution in [3.8, 4) is 5.75 Å². The van der Waals surface area contributed by atoms with Gasteiger partial charge in [-0.25, -0.2) is 4.79 Å². The van der Waals surface area contributed by atoms with E-state index in [0.29, 0.717) is 19.1 Å². The van der Waals surface area contributed by atoms with E-state index in [-0.39, 0.29) is 5.97 Å². The van der Waals surface area contributed by atoms with Crippen LogP contribution in [0.1, 0.15) is 50.7 Å². The summed E-state index contributed by atoms with van der Waals surface area (Å²) in [6, 6.07) is 17.7. The molecule has 0 aliphatic heterocycles. The number of ether oxygens (including phenoxy) is 2. The van der Waals surface area contributed by atoms with Crippen LogP contribution in [0.25, 0.3) is 6.08 Å². The molecule has 27 heavy (non-hydrogen) atoms. The summed E-state index contributed by atoms with van der Waals surface area (Å²) in [7, 11) is 0. The summed E-state index contributed by atoms with van der Waals surface area (Å²) in [5.41, 5.74) is 2.03. The monoisotopic (exact) mass is 366 g/mol. The Morgan fingerprint density at radius 3 is 2.63 bits per heavy atom. The third-order valence-corrected chi connectivity index (χ3v) is 4.52. The van der Waals surface area contributed by atoms with Crippen LogP contribution in [0.2, 0.25) is 0 Å². The zero-order valence-corrected chi connectivity index (χ0v) is 16.4. The van der Waals surface area contributed by atoms with Crippen LogP contribution in [0.4, 0.5) is 0 Å². The molecule has 1 atom stereocenters. The number of benzene rings is 2. The van der Waals surface area contributed by atoms with Crippen LogP contribution in [-0.4, -0.2) is 12.6 Å². The lowest BCUT2D eigenvalue weighted by molar-refractivity contribution is -0.139. The fraction of sp³-hybridized carbons (Fsp3) is 0.375. The predicted octanol–water partition coefficient (Wildman–Crippen LogP) is 6.04. The molecular weight excluding hydrogens is 336 g/mol. The van der Waals surface area contributed by atoms with Gasteiger partial charge in [0.2, 0.25) is 0 Å². The number of carbonyl (C=O) groups is 1. The normalized spacial score (nSPS) is 12.1. The first-order chi connectivity index (χ1) is 13.2. The zero-order valence-electron chi connectivity index (χ0n) is 16.4. The van der Waals surface area contributed by atoms with Gasteiger partial charge in [-0.2, -0.15) is 0 Å². The topological polar surface area (TPSA) is 35.5 Å². The summed E-state index contributed by atoms with van der Waals surface area (Å²) in [6.07, 6.45) is 7.77. The molecular formula is C24H30O3.